The molecule has 0 saturated carbocycles. The smallest absolute Gasteiger partial charge is 0.363 e. The molecule has 2 aromatic carbocycles. The van der Waals surface area contributed by atoms with E-state index in [1.54, 1.807) is 18.2 Å². The van der Waals surface area contributed by atoms with Gasteiger partial charge in [-0.05, 0) is 42.3 Å². The second-order valence-corrected chi connectivity index (χ2v) is 6.65. The third kappa shape index (κ3) is 5.28. The summed E-state index contributed by atoms with van der Waals surface area (Å²) in [6.07, 6.45) is 7.60. The average Bonchev–Trinajstić information content (AvgIpc) is 3.06. The minimum Gasteiger partial charge on any atom is -0.494 e. The molecule has 1 aliphatic heterocycles. The van der Waals surface area contributed by atoms with Crippen LogP contribution in [-0.4, -0.2) is 18.5 Å². The van der Waals surface area contributed by atoms with Crippen LogP contribution >= 0.6 is 0 Å². The number of esters is 1. The summed E-state index contributed by atoms with van der Waals surface area (Å²) in [5.74, 6) is -0.295. The third-order valence-electron chi connectivity index (χ3n) is 4.42. The first-order valence-corrected chi connectivity index (χ1v) is 9.67. The van der Waals surface area contributed by atoms with Gasteiger partial charge in [0.1, 0.15) is 11.6 Å². The Bertz CT molecular complexity index is 872. The molecule has 4 nitrogen and oxygen atoms in total. The summed E-state index contributed by atoms with van der Waals surface area (Å²) in [5.41, 5.74) is 1.10. The van der Waals surface area contributed by atoms with Gasteiger partial charge in [-0.15, -0.1) is 0 Å². The van der Waals surface area contributed by atoms with Gasteiger partial charge in [-0.1, -0.05) is 56.9 Å². The van der Waals surface area contributed by atoms with Gasteiger partial charge < -0.3 is 9.47 Å². The number of aliphatic imine (C=N–C) groups is 1. The lowest BCUT2D eigenvalue weighted by molar-refractivity contribution is -0.129. The molecule has 1 heterocycles. The Morgan fingerprint density at radius 3 is 2.54 bits per heavy atom. The lowest BCUT2D eigenvalue weighted by Gasteiger charge is -2.06. The van der Waals surface area contributed by atoms with Crippen LogP contribution in [0.15, 0.2) is 59.2 Å². The topological polar surface area (TPSA) is 47.9 Å². The van der Waals surface area contributed by atoms with E-state index in [4.69, 9.17) is 9.47 Å². The summed E-state index contributed by atoms with van der Waals surface area (Å²) in [6.45, 7) is 2.90. The molecule has 0 saturated heterocycles. The molecule has 0 spiro atoms. The Morgan fingerprint density at radius 1 is 1.04 bits per heavy atom. The summed E-state index contributed by atoms with van der Waals surface area (Å²) < 4.78 is 24.7. The molecule has 0 atom stereocenters. The molecule has 0 aliphatic carbocycles. The number of rotatable bonds is 9. The lowest BCUT2D eigenvalue weighted by atomic mass is 10.1. The number of benzene rings is 2. The molecule has 3 rings (SSSR count). The zero-order valence-corrected chi connectivity index (χ0v) is 16.0. The minimum absolute atomic E-state index is 0.0163. The predicted molar refractivity (Wildman–Crippen MR) is 108 cm³/mol. The normalized spacial score (nSPS) is 14.9. The van der Waals surface area contributed by atoms with Crippen LogP contribution < -0.4 is 4.74 Å². The number of halogens is 1. The van der Waals surface area contributed by atoms with Gasteiger partial charge in [0.25, 0.3) is 0 Å². The number of unbranched alkanes of at least 4 members (excludes halogenated alkanes) is 4. The molecule has 0 unspecified atom stereocenters. The Balaban J connectivity index is 1.60. The van der Waals surface area contributed by atoms with E-state index >= 15 is 0 Å². The second-order valence-electron chi connectivity index (χ2n) is 6.65. The summed E-state index contributed by atoms with van der Waals surface area (Å²) in [4.78, 5) is 16.2. The maximum Gasteiger partial charge on any atom is 0.363 e. The SMILES string of the molecule is CCCCCCCOc1ccc(/C=C2\N=C(c3ccccc3F)OC2=O)cc1. The van der Waals surface area contributed by atoms with Crippen LogP contribution in [0.2, 0.25) is 0 Å². The van der Waals surface area contributed by atoms with Crippen LogP contribution in [0.25, 0.3) is 6.08 Å². The van der Waals surface area contributed by atoms with Crippen molar-refractivity contribution in [3.8, 4) is 5.75 Å². The molecule has 0 fully saturated rings. The largest absolute Gasteiger partial charge is 0.494 e. The maximum absolute atomic E-state index is 13.9. The van der Waals surface area contributed by atoms with Crippen molar-refractivity contribution in [2.24, 2.45) is 4.99 Å². The Labute approximate surface area is 164 Å². The standard InChI is InChI=1S/C23H24FNO3/c1-2-3-4-5-8-15-27-18-13-11-17(12-14-18)16-21-23(26)28-22(25-21)19-9-6-7-10-20(19)24/h6-7,9-14,16H,2-5,8,15H2,1H3/b21-16-. The zero-order chi connectivity index (χ0) is 19.8. The molecule has 1 aliphatic rings. The summed E-state index contributed by atoms with van der Waals surface area (Å²) in [7, 11) is 0. The van der Waals surface area contributed by atoms with E-state index in [1.807, 2.05) is 24.3 Å². The van der Waals surface area contributed by atoms with E-state index < -0.39 is 11.8 Å². The molecule has 28 heavy (non-hydrogen) atoms. The van der Waals surface area contributed by atoms with Gasteiger partial charge >= 0.3 is 5.97 Å². The van der Waals surface area contributed by atoms with Crippen LogP contribution in [0.3, 0.4) is 0 Å². The summed E-state index contributed by atoms with van der Waals surface area (Å²) in [5, 5.41) is 0. The van der Waals surface area contributed by atoms with E-state index in [1.165, 1.54) is 37.8 Å². The highest BCUT2D eigenvalue weighted by Gasteiger charge is 2.25. The van der Waals surface area contributed by atoms with Gasteiger partial charge in [0, 0.05) is 0 Å². The lowest BCUT2D eigenvalue weighted by Crippen LogP contribution is -2.07. The minimum atomic E-state index is -0.592. The molecule has 0 amide bonds. The zero-order valence-electron chi connectivity index (χ0n) is 16.0. The van der Waals surface area contributed by atoms with Crippen LogP contribution in [0, 0.1) is 5.82 Å². The highest BCUT2D eigenvalue weighted by atomic mass is 19.1. The van der Waals surface area contributed by atoms with Crippen molar-refractivity contribution in [3.63, 3.8) is 0 Å². The predicted octanol–water partition coefficient (Wildman–Crippen LogP) is 5.52. The van der Waals surface area contributed by atoms with Crippen LogP contribution in [0.5, 0.6) is 5.75 Å². The number of nitrogens with zero attached hydrogens (tertiary/aromatic N) is 1. The number of cyclic esters (lactones) is 1. The van der Waals surface area contributed by atoms with Crippen molar-refractivity contribution in [1.82, 2.24) is 0 Å². The fraction of sp³-hybridized carbons (Fsp3) is 0.304. The number of hydrogen-bond donors (Lipinski definition) is 0. The Hall–Kier alpha value is -2.95. The van der Waals surface area contributed by atoms with Crippen LogP contribution in [-0.2, 0) is 9.53 Å². The van der Waals surface area contributed by atoms with E-state index in [-0.39, 0.29) is 17.2 Å². The number of carbonyl (C=O) groups excluding carboxylic acids is 1. The van der Waals surface area contributed by atoms with Crippen LogP contribution in [0.1, 0.15) is 50.2 Å². The quantitative estimate of drug-likeness (QED) is 0.326. The Morgan fingerprint density at radius 2 is 1.79 bits per heavy atom. The molecular weight excluding hydrogens is 357 g/mol. The molecule has 0 bridgehead atoms. The fourth-order valence-electron chi connectivity index (χ4n) is 2.87. The monoisotopic (exact) mass is 381 g/mol. The van der Waals surface area contributed by atoms with E-state index in [0.29, 0.717) is 6.61 Å². The van der Waals surface area contributed by atoms with Gasteiger partial charge in [0.2, 0.25) is 5.90 Å². The molecule has 146 valence electrons. The van der Waals surface area contributed by atoms with Crippen molar-refractivity contribution in [2.45, 2.75) is 39.0 Å². The van der Waals surface area contributed by atoms with Gasteiger partial charge in [0.05, 0.1) is 12.2 Å². The van der Waals surface area contributed by atoms with E-state index in [2.05, 4.69) is 11.9 Å². The van der Waals surface area contributed by atoms with Crippen molar-refractivity contribution in [2.75, 3.05) is 6.61 Å². The molecular formula is C23H24FNO3. The van der Waals surface area contributed by atoms with Crippen molar-refractivity contribution < 1.29 is 18.7 Å². The molecule has 0 radical (unpaired) electrons. The number of carbonyl (C=O) groups is 1. The molecule has 0 aromatic heterocycles. The van der Waals surface area contributed by atoms with Crippen molar-refractivity contribution in [3.05, 3.63) is 71.2 Å². The number of hydrogen-bond acceptors (Lipinski definition) is 4. The van der Waals surface area contributed by atoms with E-state index in [0.717, 1.165) is 17.7 Å². The van der Waals surface area contributed by atoms with Gasteiger partial charge in [-0.3, -0.25) is 0 Å². The van der Waals surface area contributed by atoms with Crippen molar-refractivity contribution in [1.29, 1.82) is 0 Å². The molecule has 0 N–H and O–H groups in total. The van der Waals surface area contributed by atoms with Gasteiger partial charge in [-0.25, -0.2) is 14.2 Å². The van der Waals surface area contributed by atoms with Crippen LogP contribution in [0.4, 0.5) is 4.39 Å². The first-order valence-electron chi connectivity index (χ1n) is 9.67. The third-order valence-corrected chi connectivity index (χ3v) is 4.42. The highest BCUT2D eigenvalue weighted by molar-refractivity contribution is 6.12. The average molecular weight is 381 g/mol. The Kier molecular flexibility index (Phi) is 6.95. The second kappa shape index (κ2) is 9.83. The van der Waals surface area contributed by atoms with Gasteiger partial charge in [0.15, 0.2) is 5.70 Å². The van der Waals surface area contributed by atoms with Crippen molar-refractivity contribution >= 4 is 17.9 Å². The number of ether oxygens (including phenoxy) is 2. The first-order chi connectivity index (χ1) is 13.7. The van der Waals surface area contributed by atoms with Gasteiger partial charge in [-0.2, -0.15) is 0 Å². The molecule has 2 aromatic rings. The fourth-order valence-corrected chi connectivity index (χ4v) is 2.87. The van der Waals surface area contributed by atoms with E-state index in [9.17, 15) is 9.18 Å². The summed E-state index contributed by atoms with van der Waals surface area (Å²) >= 11 is 0. The summed E-state index contributed by atoms with van der Waals surface area (Å²) in [6, 6.07) is 13.5. The molecule has 5 heteroatoms. The highest BCUT2D eigenvalue weighted by Crippen LogP contribution is 2.22. The maximum atomic E-state index is 13.9. The first kappa shape index (κ1) is 19.8.